The van der Waals surface area contributed by atoms with Crippen molar-refractivity contribution in [2.45, 2.75) is 39.0 Å². The minimum Gasteiger partial charge on any atom is -0.507 e. The molecule has 31 heavy (non-hydrogen) atoms. The summed E-state index contributed by atoms with van der Waals surface area (Å²) in [5, 5.41) is 10.9. The summed E-state index contributed by atoms with van der Waals surface area (Å²) in [6, 6.07) is 22.0. The van der Waals surface area contributed by atoms with Crippen LogP contribution in [0, 0.1) is 0 Å². The zero-order chi connectivity index (χ0) is 22.4. The van der Waals surface area contributed by atoms with Gasteiger partial charge in [0.2, 0.25) is 0 Å². The first kappa shape index (κ1) is 22.4. The van der Waals surface area contributed by atoms with E-state index in [0.717, 1.165) is 17.0 Å². The minimum absolute atomic E-state index is 0.0728. The van der Waals surface area contributed by atoms with Gasteiger partial charge in [0, 0.05) is 23.3 Å². The van der Waals surface area contributed by atoms with Crippen LogP contribution in [0.5, 0.6) is 11.5 Å². The zero-order valence-electron chi connectivity index (χ0n) is 18.8. The summed E-state index contributed by atoms with van der Waals surface area (Å²) in [6.45, 7) is 12.9. The number of nitrogens with zero attached hydrogens (tertiary/aromatic N) is 1. The third-order valence-electron chi connectivity index (χ3n) is 5.40. The maximum Gasteiger partial charge on any atom is 0.128 e. The van der Waals surface area contributed by atoms with E-state index in [1.165, 1.54) is 11.1 Å². The van der Waals surface area contributed by atoms with Crippen molar-refractivity contribution in [3.05, 3.63) is 102 Å². The number of ether oxygens (including phenoxy) is 1. The average molecular weight is 414 g/mol. The lowest BCUT2D eigenvalue weighted by Gasteiger charge is -2.21. The summed E-state index contributed by atoms with van der Waals surface area (Å²) in [5.74, 6) is 1.11. The van der Waals surface area contributed by atoms with E-state index in [1.807, 2.05) is 42.5 Å². The first-order chi connectivity index (χ1) is 14.8. The van der Waals surface area contributed by atoms with Crippen LogP contribution in [0.25, 0.3) is 0 Å². The summed E-state index contributed by atoms with van der Waals surface area (Å²) in [6.07, 6.45) is 3.41. The van der Waals surface area contributed by atoms with Gasteiger partial charge in [-0.3, -0.25) is 4.99 Å². The fraction of sp³-hybridized carbons (Fsp3) is 0.250. The Labute approximate surface area is 185 Å². The summed E-state index contributed by atoms with van der Waals surface area (Å²) in [4.78, 5) is 4.51. The van der Waals surface area contributed by atoms with Crippen LogP contribution >= 0.6 is 0 Å². The predicted molar refractivity (Wildman–Crippen MR) is 130 cm³/mol. The molecular formula is C28H31NO2. The Hall–Kier alpha value is -3.33. The van der Waals surface area contributed by atoms with E-state index < -0.39 is 0 Å². The highest BCUT2D eigenvalue weighted by atomic mass is 16.5. The zero-order valence-corrected chi connectivity index (χ0v) is 18.8. The quantitative estimate of drug-likeness (QED) is 0.330. The topological polar surface area (TPSA) is 41.8 Å². The molecule has 3 aromatic carbocycles. The first-order valence-electron chi connectivity index (χ1n) is 10.6. The number of phenolic OH excluding ortho intramolecular Hbond substituents is 1. The van der Waals surface area contributed by atoms with Crippen molar-refractivity contribution in [1.82, 2.24) is 0 Å². The molecule has 0 amide bonds. The van der Waals surface area contributed by atoms with Crippen molar-refractivity contribution >= 4 is 11.9 Å². The van der Waals surface area contributed by atoms with Gasteiger partial charge in [0.15, 0.2) is 0 Å². The molecule has 0 heterocycles. The third kappa shape index (κ3) is 5.64. The molecule has 0 aliphatic rings. The molecule has 0 fully saturated rings. The summed E-state index contributed by atoms with van der Waals surface area (Å²) in [7, 11) is 0. The number of benzene rings is 3. The third-order valence-corrected chi connectivity index (χ3v) is 5.40. The molecule has 1 N–H and O–H groups in total. The lowest BCUT2D eigenvalue weighted by atomic mass is 9.84. The van der Waals surface area contributed by atoms with Gasteiger partial charge in [-0.1, -0.05) is 76.7 Å². The van der Waals surface area contributed by atoms with Crippen LogP contribution in [-0.2, 0) is 5.41 Å². The van der Waals surface area contributed by atoms with Gasteiger partial charge < -0.3 is 9.84 Å². The number of aromatic hydroxyl groups is 1. The van der Waals surface area contributed by atoms with Crippen molar-refractivity contribution in [2.75, 3.05) is 6.61 Å². The monoisotopic (exact) mass is 413 g/mol. The average Bonchev–Trinajstić information content (AvgIpc) is 2.77. The van der Waals surface area contributed by atoms with E-state index in [-0.39, 0.29) is 17.1 Å². The second-order valence-electron chi connectivity index (χ2n) is 8.73. The summed E-state index contributed by atoms with van der Waals surface area (Å²) < 4.78 is 5.49. The van der Waals surface area contributed by atoms with Gasteiger partial charge in [0.05, 0.1) is 5.69 Å². The van der Waals surface area contributed by atoms with Gasteiger partial charge in [-0.05, 0) is 46.9 Å². The van der Waals surface area contributed by atoms with Crippen molar-refractivity contribution < 1.29 is 9.84 Å². The highest BCUT2D eigenvalue weighted by Gasteiger charge is 2.17. The predicted octanol–water partition coefficient (Wildman–Crippen LogP) is 7.16. The van der Waals surface area contributed by atoms with E-state index >= 15 is 0 Å². The molecule has 0 bridgehead atoms. The molecule has 1 atom stereocenters. The Morgan fingerprint density at radius 2 is 1.68 bits per heavy atom. The number of rotatable bonds is 7. The van der Waals surface area contributed by atoms with Crippen LogP contribution < -0.4 is 4.74 Å². The van der Waals surface area contributed by atoms with Gasteiger partial charge in [-0.2, -0.15) is 0 Å². The minimum atomic E-state index is 0.0728. The van der Waals surface area contributed by atoms with E-state index in [0.29, 0.717) is 12.2 Å². The van der Waals surface area contributed by atoms with Crippen LogP contribution in [-0.4, -0.2) is 17.9 Å². The van der Waals surface area contributed by atoms with E-state index in [1.54, 1.807) is 12.3 Å². The number of aliphatic imine (C=N–C) groups is 1. The molecule has 1 unspecified atom stereocenters. The molecule has 3 aromatic rings. The maximum absolute atomic E-state index is 10.9. The molecule has 0 aromatic heterocycles. The van der Waals surface area contributed by atoms with Gasteiger partial charge in [-0.15, -0.1) is 0 Å². The van der Waals surface area contributed by atoms with Crippen molar-refractivity contribution in [2.24, 2.45) is 4.99 Å². The molecule has 0 saturated heterocycles. The number of hydrogen-bond acceptors (Lipinski definition) is 3. The molecule has 3 rings (SSSR count). The van der Waals surface area contributed by atoms with Crippen LogP contribution in [0.4, 0.5) is 5.69 Å². The van der Waals surface area contributed by atoms with Gasteiger partial charge >= 0.3 is 0 Å². The van der Waals surface area contributed by atoms with Gasteiger partial charge in [0.1, 0.15) is 18.1 Å². The largest absolute Gasteiger partial charge is 0.507 e. The first-order valence-corrected chi connectivity index (χ1v) is 10.6. The maximum atomic E-state index is 10.9. The molecular weight excluding hydrogens is 382 g/mol. The lowest BCUT2D eigenvalue weighted by molar-refractivity contribution is 0.363. The Morgan fingerprint density at radius 1 is 1.00 bits per heavy atom. The molecule has 0 aliphatic heterocycles. The van der Waals surface area contributed by atoms with Crippen LogP contribution in [0.2, 0.25) is 0 Å². The Balaban J connectivity index is 1.79. The highest BCUT2D eigenvalue weighted by Crippen LogP contribution is 2.34. The molecule has 3 nitrogen and oxygen atoms in total. The van der Waals surface area contributed by atoms with Crippen LogP contribution in [0.3, 0.4) is 0 Å². The van der Waals surface area contributed by atoms with E-state index in [2.05, 4.69) is 63.5 Å². The van der Waals surface area contributed by atoms with Crippen LogP contribution in [0.15, 0.2) is 84.4 Å². The van der Waals surface area contributed by atoms with Gasteiger partial charge in [-0.25, -0.2) is 0 Å². The van der Waals surface area contributed by atoms with Crippen molar-refractivity contribution in [1.29, 1.82) is 0 Å². The highest BCUT2D eigenvalue weighted by molar-refractivity contribution is 5.86. The smallest absolute Gasteiger partial charge is 0.128 e. The fourth-order valence-electron chi connectivity index (χ4n) is 3.41. The standard InChI is InChI=1S/C28H31NO2/c1-6-18-31-25-16-14-24(15-17-25)29-19-22-8-7-9-26(27(22)30)20(2)21-10-12-23(13-11-21)28(3,4)5/h6-17,19-20,30H,1,18H2,2-5H3. The molecule has 0 radical (unpaired) electrons. The fourth-order valence-corrected chi connectivity index (χ4v) is 3.41. The molecule has 3 heteroatoms. The van der Waals surface area contributed by atoms with Crippen molar-refractivity contribution in [3.63, 3.8) is 0 Å². The second-order valence-corrected chi connectivity index (χ2v) is 8.73. The van der Waals surface area contributed by atoms with E-state index in [9.17, 15) is 5.11 Å². The normalized spacial score (nSPS) is 12.6. The Kier molecular flexibility index (Phi) is 6.96. The lowest BCUT2D eigenvalue weighted by Crippen LogP contribution is -2.11. The molecule has 160 valence electrons. The number of para-hydroxylation sites is 1. The number of phenols is 1. The molecule has 0 spiro atoms. The molecule has 0 aliphatic carbocycles. The summed E-state index contributed by atoms with van der Waals surface area (Å²) >= 11 is 0. The summed E-state index contributed by atoms with van der Waals surface area (Å²) in [5.41, 5.74) is 4.97. The molecule has 0 saturated carbocycles. The van der Waals surface area contributed by atoms with Crippen LogP contribution in [0.1, 0.15) is 55.9 Å². The van der Waals surface area contributed by atoms with Gasteiger partial charge in [0.25, 0.3) is 0 Å². The Bertz CT molecular complexity index is 1040. The number of hydrogen-bond donors (Lipinski definition) is 1. The Morgan fingerprint density at radius 3 is 2.29 bits per heavy atom. The van der Waals surface area contributed by atoms with Crippen molar-refractivity contribution in [3.8, 4) is 11.5 Å². The van der Waals surface area contributed by atoms with E-state index in [4.69, 9.17) is 4.74 Å². The SMILES string of the molecule is C=CCOc1ccc(N=Cc2cccc(C(C)c3ccc(C(C)(C)C)cc3)c2O)cc1. The second kappa shape index (κ2) is 9.65.